The molecule has 0 saturated carbocycles. The molecule has 0 bridgehead atoms. The van der Waals surface area contributed by atoms with Crippen molar-refractivity contribution in [3.63, 3.8) is 0 Å². The van der Waals surface area contributed by atoms with E-state index in [-0.39, 0.29) is 12.0 Å². The predicted octanol–water partition coefficient (Wildman–Crippen LogP) is 1.85. The summed E-state index contributed by atoms with van der Waals surface area (Å²) >= 11 is 0. The third-order valence-corrected chi connectivity index (χ3v) is 2.42. The van der Waals surface area contributed by atoms with Crippen LogP contribution < -0.4 is 4.90 Å². The Kier molecular flexibility index (Phi) is 4.92. The summed E-state index contributed by atoms with van der Waals surface area (Å²) in [4.78, 5) is 23.1. The molecule has 0 aliphatic heterocycles. The maximum absolute atomic E-state index is 10.7. The average molecular weight is 249 g/mol. The summed E-state index contributed by atoms with van der Waals surface area (Å²) in [5.41, 5.74) is 0.983. The average Bonchev–Trinajstić information content (AvgIpc) is 2.34. The van der Waals surface area contributed by atoms with E-state index in [1.165, 1.54) is 12.1 Å². The minimum atomic E-state index is -0.984. The van der Waals surface area contributed by atoms with Crippen molar-refractivity contribution in [2.24, 2.45) is 0 Å². The molecule has 96 valence electrons. The van der Waals surface area contributed by atoms with Crippen LogP contribution in [0.4, 0.5) is 5.69 Å². The van der Waals surface area contributed by atoms with Gasteiger partial charge in [0.25, 0.3) is 0 Å². The van der Waals surface area contributed by atoms with Gasteiger partial charge in [-0.2, -0.15) is 0 Å². The SMILES string of the molecule is C=CCN(CCC(=O)O)c1ccc(C(=O)O)cc1. The first kappa shape index (κ1) is 13.8. The van der Waals surface area contributed by atoms with Crippen molar-refractivity contribution in [3.8, 4) is 0 Å². The predicted molar refractivity (Wildman–Crippen MR) is 68.1 cm³/mol. The van der Waals surface area contributed by atoms with E-state index in [0.29, 0.717) is 13.1 Å². The first-order valence-corrected chi connectivity index (χ1v) is 5.45. The normalized spacial score (nSPS) is 9.78. The Hall–Kier alpha value is -2.30. The Morgan fingerprint density at radius 3 is 2.28 bits per heavy atom. The lowest BCUT2D eigenvalue weighted by atomic mass is 10.2. The lowest BCUT2D eigenvalue weighted by Crippen LogP contribution is -2.26. The van der Waals surface area contributed by atoms with E-state index in [1.54, 1.807) is 18.2 Å². The summed E-state index contributed by atoms with van der Waals surface area (Å²) < 4.78 is 0. The quantitative estimate of drug-likeness (QED) is 0.721. The molecule has 0 unspecified atom stereocenters. The van der Waals surface area contributed by atoms with Crippen molar-refractivity contribution in [1.82, 2.24) is 0 Å². The maximum Gasteiger partial charge on any atom is 0.335 e. The van der Waals surface area contributed by atoms with Crippen molar-refractivity contribution >= 4 is 17.6 Å². The zero-order chi connectivity index (χ0) is 13.5. The second-order valence-corrected chi connectivity index (χ2v) is 3.73. The van der Waals surface area contributed by atoms with Gasteiger partial charge in [0.15, 0.2) is 0 Å². The Bertz CT molecular complexity index is 439. The second-order valence-electron chi connectivity index (χ2n) is 3.73. The molecule has 0 fully saturated rings. The molecule has 0 aliphatic carbocycles. The van der Waals surface area contributed by atoms with Crippen LogP contribution in [0.3, 0.4) is 0 Å². The fraction of sp³-hybridized carbons (Fsp3) is 0.231. The molecule has 0 atom stereocenters. The topological polar surface area (TPSA) is 77.8 Å². The van der Waals surface area contributed by atoms with E-state index in [9.17, 15) is 9.59 Å². The Labute approximate surface area is 105 Å². The van der Waals surface area contributed by atoms with Crippen LogP contribution in [-0.4, -0.2) is 35.2 Å². The van der Waals surface area contributed by atoms with Gasteiger partial charge in [-0.15, -0.1) is 6.58 Å². The van der Waals surface area contributed by atoms with Crippen LogP contribution in [0.5, 0.6) is 0 Å². The minimum absolute atomic E-state index is 0.0223. The third-order valence-electron chi connectivity index (χ3n) is 2.42. The van der Waals surface area contributed by atoms with Crippen LogP contribution in [0.15, 0.2) is 36.9 Å². The van der Waals surface area contributed by atoms with Crippen molar-refractivity contribution < 1.29 is 19.8 Å². The molecule has 0 heterocycles. The summed E-state index contributed by atoms with van der Waals surface area (Å²) in [7, 11) is 0. The number of carboxylic acids is 2. The molecule has 1 rings (SSSR count). The van der Waals surface area contributed by atoms with Crippen molar-refractivity contribution in [1.29, 1.82) is 0 Å². The number of carbonyl (C=O) groups is 2. The molecule has 0 radical (unpaired) electrons. The smallest absolute Gasteiger partial charge is 0.335 e. The molecule has 0 aliphatic rings. The lowest BCUT2D eigenvalue weighted by Gasteiger charge is -2.22. The fourth-order valence-electron chi connectivity index (χ4n) is 1.53. The van der Waals surface area contributed by atoms with E-state index in [0.717, 1.165) is 5.69 Å². The molecular weight excluding hydrogens is 234 g/mol. The van der Waals surface area contributed by atoms with Crippen molar-refractivity contribution in [2.75, 3.05) is 18.0 Å². The van der Waals surface area contributed by atoms with E-state index in [1.807, 2.05) is 4.90 Å². The fourth-order valence-corrected chi connectivity index (χ4v) is 1.53. The largest absolute Gasteiger partial charge is 0.481 e. The third kappa shape index (κ3) is 3.93. The van der Waals surface area contributed by atoms with Crippen LogP contribution in [0.2, 0.25) is 0 Å². The molecule has 18 heavy (non-hydrogen) atoms. The number of benzene rings is 1. The molecule has 0 amide bonds. The number of hydrogen-bond donors (Lipinski definition) is 2. The Morgan fingerprint density at radius 1 is 1.22 bits per heavy atom. The zero-order valence-corrected chi connectivity index (χ0v) is 9.87. The molecule has 0 spiro atoms. The summed E-state index contributed by atoms with van der Waals surface area (Å²) in [6, 6.07) is 6.31. The standard InChI is InChI=1S/C13H15NO4/c1-2-8-14(9-7-12(15)16)11-5-3-10(4-6-11)13(17)18/h2-6H,1,7-9H2,(H,15,16)(H,17,18). The number of aromatic carboxylic acids is 1. The lowest BCUT2D eigenvalue weighted by molar-refractivity contribution is -0.136. The van der Waals surface area contributed by atoms with Crippen LogP contribution in [0, 0.1) is 0 Å². The van der Waals surface area contributed by atoms with Gasteiger partial charge in [0, 0.05) is 18.8 Å². The van der Waals surface area contributed by atoms with Crippen molar-refractivity contribution in [3.05, 3.63) is 42.5 Å². The van der Waals surface area contributed by atoms with Gasteiger partial charge in [0.1, 0.15) is 0 Å². The monoisotopic (exact) mass is 249 g/mol. The van der Waals surface area contributed by atoms with Crippen LogP contribution in [0.25, 0.3) is 0 Å². The highest BCUT2D eigenvalue weighted by molar-refractivity contribution is 5.88. The molecule has 1 aromatic carbocycles. The highest BCUT2D eigenvalue weighted by atomic mass is 16.4. The van der Waals surface area contributed by atoms with E-state index < -0.39 is 11.9 Å². The van der Waals surface area contributed by atoms with Gasteiger partial charge in [-0.05, 0) is 24.3 Å². The zero-order valence-electron chi connectivity index (χ0n) is 9.87. The van der Waals surface area contributed by atoms with Gasteiger partial charge < -0.3 is 15.1 Å². The Morgan fingerprint density at radius 2 is 1.83 bits per heavy atom. The highest BCUT2D eigenvalue weighted by Gasteiger charge is 2.08. The first-order valence-electron chi connectivity index (χ1n) is 5.45. The number of carboxylic acid groups (broad SMARTS) is 2. The molecule has 0 saturated heterocycles. The van der Waals surface area contributed by atoms with Crippen LogP contribution >= 0.6 is 0 Å². The van der Waals surface area contributed by atoms with E-state index >= 15 is 0 Å². The maximum atomic E-state index is 10.7. The molecule has 5 heteroatoms. The van der Waals surface area contributed by atoms with Gasteiger partial charge in [-0.1, -0.05) is 6.08 Å². The van der Waals surface area contributed by atoms with Gasteiger partial charge >= 0.3 is 11.9 Å². The Balaban J connectivity index is 2.81. The second kappa shape index (κ2) is 6.44. The number of aliphatic carboxylic acids is 1. The molecule has 2 N–H and O–H groups in total. The number of anilines is 1. The number of rotatable bonds is 7. The van der Waals surface area contributed by atoms with Crippen LogP contribution in [0.1, 0.15) is 16.8 Å². The summed E-state index contributed by atoms with van der Waals surface area (Å²) in [6.07, 6.45) is 1.70. The summed E-state index contributed by atoms with van der Waals surface area (Å²) in [6.45, 7) is 4.48. The van der Waals surface area contributed by atoms with Gasteiger partial charge in [-0.25, -0.2) is 4.79 Å². The highest BCUT2D eigenvalue weighted by Crippen LogP contribution is 2.15. The number of nitrogens with zero attached hydrogens (tertiary/aromatic N) is 1. The van der Waals surface area contributed by atoms with Crippen molar-refractivity contribution in [2.45, 2.75) is 6.42 Å². The van der Waals surface area contributed by atoms with Gasteiger partial charge in [0.2, 0.25) is 0 Å². The van der Waals surface area contributed by atoms with Crippen LogP contribution in [-0.2, 0) is 4.79 Å². The minimum Gasteiger partial charge on any atom is -0.481 e. The molecule has 1 aromatic rings. The number of hydrogen-bond acceptors (Lipinski definition) is 3. The van der Waals surface area contributed by atoms with Gasteiger partial charge in [0.05, 0.1) is 12.0 Å². The van der Waals surface area contributed by atoms with E-state index in [2.05, 4.69) is 6.58 Å². The summed E-state index contributed by atoms with van der Waals surface area (Å²) in [5, 5.41) is 17.5. The summed E-state index contributed by atoms with van der Waals surface area (Å²) in [5.74, 6) is -1.85. The molecule has 5 nitrogen and oxygen atoms in total. The molecular formula is C13H15NO4. The van der Waals surface area contributed by atoms with Gasteiger partial charge in [-0.3, -0.25) is 4.79 Å². The van der Waals surface area contributed by atoms with E-state index in [4.69, 9.17) is 10.2 Å². The molecule has 0 aromatic heterocycles. The first-order chi connectivity index (χ1) is 8.54.